The molecule has 0 heterocycles. The minimum absolute atomic E-state index is 0.532. The maximum Gasteiger partial charge on any atom is 0.162 e. The van der Waals surface area contributed by atoms with Crippen LogP contribution in [0.25, 0.3) is 0 Å². The van der Waals surface area contributed by atoms with Crippen LogP contribution in [0.1, 0.15) is 64.5 Å². The molecular formula is C17H27ClO3. The van der Waals surface area contributed by atoms with E-state index in [2.05, 4.69) is 6.92 Å². The summed E-state index contributed by atoms with van der Waals surface area (Å²) in [5.74, 6) is 1.28. The molecule has 1 rings (SSSR count). The van der Waals surface area contributed by atoms with Gasteiger partial charge < -0.3 is 14.6 Å². The zero-order chi connectivity index (χ0) is 15.7. The van der Waals surface area contributed by atoms with Gasteiger partial charge in [-0.15, -0.1) is 0 Å². The van der Waals surface area contributed by atoms with E-state index >= 15 is 0 Å². The van der Waals surface area contributed by atoms with Crippen molar-refractivity contribution in [2.24, 2.45) is 0 Å². The zero-order valence-electron chi connectivity index (χ0n) is 13.3. The Hall–Kier alpha value is -0.930. The average Bonchev–Trinajstić information content (AvgIpc) is 2.46. The first kappa shape index (κ1) is 18.1. The van der Waals surface area contributed by atoms with Crippen molar-refractivity contribution in [2.45, 2.75) is 59.0 Å². The number of benzene rings is 1. The molecule has 3 nitrogen and oxygen atoms in total. The van der Waals surface area contributed by atoms with Gasteiger partial charge in [-0.1, -0.05) is 44.2 Å². The highest BCUT2D eigenvalue weighted by Crippen LogP contribution is 2.37. The number of hydrogen-bond donors (Lipinski definition) is 1. The van der Waals surface area contributed by atoms with Crippen LogP contribution < -0.4 is 9.47 Å². The van der Waals surface area contributed by atoms with Crippen molar-refractivity contribution >= 4 is 11.6 Å². The lowest BCUT2D eigenvalue weighted by Crippen LogP contribution is -2.03. The standard InChI is InChI=1S/C17H27ClO3/c1-4-7-8-9-10-15(19)13-11-16(20-5-2)17(21-6-3)12-14(13)18/h11-12,15,19H,4-10H2,1-3H3. The predicted octanol–water partition coefficient (Wildman–Crippen LogP) is 5.14. The Balaban J connectivity index is 2.82. The smallest absolute Gasteiger partial charge is 0.162 e. The minimum atomic E-state index is -0.552. The molecule has 0 aliphatic carbocycles. The van der Waals surface area contributed by atoms with Crippen LogP contribution in [-0.2, 0) is 0 Å². The number of unbranched alkanes of at least 4 members (excludes halogenated alkanes) is 3. The molecule has 0 aliphatic heterocycles. The highest BCUT2D eigenvalue weighted by Gasteiger charge is 2.16. The maximum absolute atomic E-state index is 10.3. The molecule has 21 heavy (non-hydrogen) atoms. The summed E-state index contributed by atoms with van der Waals surface area (Å²) in [5.41, 5.74) is 0.722. The second-order valence-electron chi connectivity index (χ2n) is 5.05. The van der Waals surface area contributed by atoms with Crippen molar-refractivity contribution in [3.8, 4) is 11.5 Å². The van der Waals surface area contributed by atoms with E-state index in [1.165, 1.54) is 12.8 Å². The Morgan fingerprint density at radius 1 is 1.00 bits per heavy atom. The summed E-state index contributed by atoms with van der Waals surface area (Å²) < 4.78 is 11.1. The Bertz CT molecular complexity index is 421. The van der Waals surface area contributed by atoms with Crippen LogP contribution in [0, 0.1) is 0 Å². The van der Waals surface area contributed by atoms with Crippen molar-refractivity contribution < 1.29 is 14.6 Å². The van der Waals surface area contributed by atoms with Crippen LogP contribution in [-0.4, -0.2) is 18.3 Å². The summed E-state index contributed by atoms with van der Waals surface area (Å²) in [6, 6.07) is 3.54. The van der Waals surface area contributed by atoms with Gasteiger partial charge in [0.2, 0.25) is 0 Å². The number of aliphatic hydroxyl groups excluding tert-OH is 1. The highest BCUT2D eigenvalue weighted by molar-refractivity contribution is 6.31. The molecule has 0 aliphatic rings. The first-order valence-corrected chi connectivity index (χ1v) is 8.28. The summed E-state index contributed by atoms with van der Waals surface area (Å²) in [5, 5.41) is 10.9. The summed E-state index contributed by atoms with van der Waals surface area (Å²) >= 11 is 6.28. The fraction of sp³-hybridized carbons (Fsp3) is 0.647. The van der Waals surface area contributed by atoms with Gasteiger partial charge in [0.1, 0.15) is 0 Å². The van der Waals surface area contributed by atoms with E-state index in [1.807, 2.05) is 13.8 Å². The lowest BCUT2D eigenvalue weighted by molar-refractivity contribution is 0.162. The van der Waals surface area contributed by atoms with Gasteiger partial charge in [0, 0.05) is 11.6 Å². The summed E-state index contributed by atoms with van der Waals surface area (Å²) in [6.45, 7) is 7.11. The number of ether oxygens (including phenoxy) is 2. The van der Waals surface area contributed by atoms with Crippen molar-refractivity contribution in [3.05, 3.63) is 22.7 Å². The number of rotatable bonds is 10. The monoisotopic (exact) mass is 314 g/mol. The molecule has 120 valence electrons. The molecule has 1 aromatic rings. The van der Waals surface area contributed by atoms with Gasteiger partial charge in [0.15, 0.2) is 11.5 Å². The third-order valence-electron chi connectivity index (χ3n) is 3.35. The molecule has 1 aromatic carbocycles. The fourth-order valence-corrected chi connectivity index (χ4v) is 2.54. The van der Waals surface area contributed by atoms with Crippen LogP contribution in [0.4, 0.5) is 0 Å². The Morgan fingerprint density at radius 2 is 1.62 bits per heavy atom. The molecule has 0 saturated heterocycles. The Morgan fingerprint density at radius 3 is 2.19 bits per heavy atom. The minimum Gasteiger partial charge on any atom is -0.490 e. The van der Waals surface area contributed by atoms with E-state index < -0.39 is 6.10 Å². The van der Waals surface area contributed by atoms with Gasteiger partial charge in [-0.05, 0) is 26.3 Å². The first-order valence-electron chi connectivity index (χ1n) is 7.91. The third-order valence-corrected chi connectivity index (χ3v) is 3.68. The van der Waals surface area contributed by atoms with Gasteiger partial charge in [-0.25, -0.2) is 0 Å². The van der Waals surface area contributed by atoms with E-state index in [0.717, 1.165) is 24.8 Å². The Kier molecular flexibility index (Phi) is 8.55. The second-order valence-corrected chi connectivity index (χ2v) is 5.46. The largest absolute Gasteiger partial charge is 0.490 e. The number of aliphatic hydroxyl groups is 1. The normalized spacial score (nSPS) is 12.2. The molecule has 0 spiro atoms. The predicted molar refractivity (Wildman–Crippen MR) is 87.5 cm³/mol. The number of halogens is 1. The van der Waals surface area contributed by atoms with Gasteiger partial charge in [0.05, 0.1) is 24.3 Å². The van der Waals surface area contributed by atoms with Gasteiger partial charge in [0.25, 0.3) is 0 Å². The molecule has 0 radical (unpaired) electrons. The van der Waals surface area contributed by atoms with Crippen LogP contribution in [0.3, 0.4) is 0 Å². The average molecular weight is 315 g/mol. The van der Waals surface area contributed by atoms with Crippen LogP contribution >= 0.6 is 11.6 Å². The fourth-order valence-electron chi connectivity index (χ4n) is 2.26. The lowest BCUT2D eigenvalue weighted by atomic mass is 10.0. The third kappa shape index (κ3) is 5.76. The molecule has 0 bridgehead atoms. The molecule has 0 saturated carbocycles. The topological polar surface area (TPSA) is 38.7 Å². The van der Waals surface area contributed by atoms with Crippen molar-refractivity contribution in [3.63, 3.8) is 0 Å². The van der Waals surface area contributed by atoms with E-state index in [4.69, 9.17) is 21.1 Å². The second kappa shape index (κ2) is 9.91. The lowest BCUT2D eigenvalue weighted by Gasteiger charge is -2.17. The van der Waals surface area contributed by atoms with Crippen LogP contribution in [0.15, 0.2) is 12.1 Å². The van der Waals surface area contributed by atoms with Crippen molar-refractivity contribution in [1.29, 1.82) is 0 Å². The maximum atomic E-state index is 10.3. The van der Waals surface area contributed by atoms with Crippen molar-refractivity contribution in [2.75, 3.05) is 13.2 Å². The molecular weight excluding hydrogens is 288 g/mol. The molecule has 0 amide bonds. The van der Waals surface area contributed by atoms with Gasteiger partial charge in [-0.3, -0.25) is 0 Å². The van der Waals surface area contributed by atoms with Crippen molar-refractivity contribution in [1.82, 2.24) is 0 Å². The molecule has 1 N–H and O–H groups in total. The molecule has 1 atom stereocenters. The first-order chi connectivity index (χ1) is 10.1. The number of hydrogen-bond acceptors (Lipinski definition) is 3. The van der Waals surface area contributed by atoms with E-state index in [0.29, 0.717) is 29.7 Å². The molecule has 1 unspecified atom stereocenters. The zero-order valence-corrected chi connectivity index (χ0v) is 14.1. The summed E-state index contributed by atoms with van der Waals surface area (Å²) in [6.07, 6.45) is 4.70. The highest BCUT2D eigenvalue weighted by atomic mass is 35.5. The van der Waals surface area contributed by atoms with E-state index in [9.17, 15) is 5.11 Å². The van der Waals surface area contributed by atoms with Gasteiger partial charge in [-0.2, -0.15) is 0 Å². The molecule has 0 aromatic heterocycles. The Labute approximate surface area is 133 Å². The van der Waals surface area contributed by atoms with E-state index in [1.54, 1.807) is 12.1 Å². The molecule has 4 heteroatoms. The van der Waals surface area contributed by atoms with Crippen LogP contribution in [0.2, 0.25) is 5.02 Å². The summed E-state index contributed by atoms with van der Waals surface area (Å²) in [7, 11) is 0. The van der Waals surface area contributed by atoms with Crippen LogP contribution in [0.5, 0.6) is 11.5 Å². The van der Waals surface area contributed by atoms with E-state index in [-0.39, 0.29) is 0 Å². The van der Waals surface area contributed by atoms with Gasteiger partial charge >= 0.3 is 0 Å². The SMILES string of the molecule is CCCCCCC(O)c1cc(OCC)c(OCC)cc1Cl. The summed E-state index contributed by atoms with van der Waals surface area (Å²) in [4.78, 5) is 0. The molecule has 0 fully saturated rings. The quantitative estimate of drug-likeness (QED) is 0.608.